The molecule has 0 bridgehead atoms. The zero-order valence-corrected chi connectivity index (χ0v) is 22.7. The topological polar surface area (TPSA) is 86.2 Å². The molecule has 0 aliphatic heterocycles. The number of carbonyl (C=O) groups is 2. The van der Waals surface area contributed by atoms with Crippen molar-refractivity contribution in [2.75, 3.05) is 6.61 Å². The summed E-state index contributed by atoms with van der Waals surface area (Å²) >= 11 is 7.66. The lowest BCUT2D eigenvalue weighted by Gasteiger charge is -2.08. The van der Waals surface area contributed by atoms with Crippen LogP contribution >= 0.6 is 22.9 Å². The number of fused-ring (bicyclic) bond motifs is 1. The van der Waals surface area contributed by atoms with E-state index in [-0.39, 0.29) is 6.61 Å². The van der Waals surface area contributed by atoms with Gasteiger partial charge in [-0.15, -0.1) is 11.3 Å². The van der Waals surface area contributed by atoms with E-state index in [1.807, 2.05) is 54.6 Å². The second kappa shape index (κ2) is 12.9. The number of amides is 1. The molecule has 0 spiro atoms. The number of halogens is 1. The standard InChI is InChI=1S/C31H23ClN2O5S/c32-29-26-11-4-5-12-27(26)40-30(29)31(36)39-25-10-6-9-22(17-25)18-33-34-28(35)20-38-24-15-13-23(14-16-24)37-19-21-7-2-1-3-8-21/h1-18H,19-20H2,(H,34,35)/b33-18+. The van der Waals surface area contributed by atoms with Gasteiger partial charge in [0.15, 0.2) is 6.61 Å². The maximum Gasteiger partial charge on any atom is 0.355 e. The molecule has 1 heterocycles. The molecule has 200 valence electrons. The molecule has 0 aliphatic rings. The molecular weight excluding hydrogens is 548 g/mol. The maximum absolute atomic E-state index is 12.7. The molecule has 0 fully saturated rings. The molecule has 0 saturated heterocycles. The Balaban J connectivity index is 1.08. The van der Waals surface area contributed by atoms with Gasteiger partial charge in [-0.2, -0.15) is 5.10 Å². The van der Waals surface area contributed by atoms with E-state index in [1.165, 1.54) is 17.6 Å². The van der Waals surface area contributed by atoms with Gasteiger partial charge in [0.25, 0.3) is 5.91 Å². The van der Waals surface area contributed by atoms with E-state index < -0.39 is 11.9 Å². The fourth-order valence-corrected chi connectivity index (χ4v) is 5.07. The molecule has 0 radical (unpaired) electrons. The van der Waals surface area contributed by atoms with Crippen molar-refractivity contribution in [2.45, 2.75) is 6.61 Å². The van der Waals surface area contributed by atoms with Crippen molar-refractivity contribution in [1.29, 1.82) is 0 Å². The molecule has 7 nitrogen and oxygen atoms in total. The summed E-state index contributed by atoms with van der Waals surface area (Å²) in [5.41, 5.74) is 4.12. The number of carbonyl (C=O) groups excluding carboxylic acids is 2. The number of hydrogen-bond acceptors (Lipinski definition) is 7. The van der Waals surface area contributed by atoms with Crippen LogP contribution in [0, 0.1) is 0 Å². The molecular formula is C31H23ClN2O5S. The fourth-order valence-electron chi connectivity index (χ4n) is 3.69. The van der Waals surface area contributed by atoms with Crippen LogP contribution in [0.15, 0.2) is 108 Å². The van der Waals surface area contributed by atoms with Crippen LogP contribution in [0.2, 0.25) is 5.02 Å². The second-order valence-electron chi connectivity index (χ2n) is 8.53. The fraction of sp³-hybridized carbons (Fsp3) is 0.0645. The van der Waals surface area contributed by atoms with Crippen LogP contribution in [-0.4, -0.2) is 24.7 Å². The highest BCUT2D eigenvalue weighted by molar-refractivity contribution is 7.21. The van der Waals surface area contributed by atoms with Gasteiger partial charge in [0, 0.05) is 10.1 Å². The Hall–Kier alpha value is -4.66. The maximum atomic E-state index is 12.7. The second-order valence-corrected chi connectivity index (χ2v) is 9.96. The highest BCUT2D eigenvalue weighted by Crippen LogP contribution is 2.35. The average molecular weight is 571 g/mol. The first-order chi connectivity index (χ1) is 19.5. The lowest BCUT2D eigenvalue weighted by atomic mass is 10.2. The first kappa shape index (κ1) is 26.9. The van der Waals surface area contributed by atoms with Crippen molar-refractivity contribution in [3.05, 3.63) is 124 Å². The Morgan fingerprint density at radius 1 is 0.825 bits per heavy atom. The number of hydrogen-bond donors (Lipinski definition) is 1. The minimum atomic E-state index is -0.540. The van der Waals surface area contributed by atoms with Gasteiger partial charge in [0.05, 0.1) is 11.2 Å². The molecule has 0 atom stereocenters. The minimum absolute atomic E-state index is 0.213. The van der Waals surface area contributed by atoms with Crippen LogP contribution in [-0.2, 0) is 11.4 Å². The molecule has 9 heteroatoms. The van der Waals surface area contributed by atoms with Crippen molar-refractivity contribution in [1.82, 2.24) is 5.43 Å². The lowest BCUT2D eigenvalue weighted by Crippen LogP contribution is -2.24. The van der Waals surface area contributed by atoms with Crippen LogP contribution in [0.25, 0.3) is 10.1 Å². The van der Waals surface area contributed by atoms with Gasteiger partial charge in [-0.1, -0.05) is 72.3 Å². The quantitative estimate of drug-likeness (QED) is 0.0856. The smallest absolute Gasteiger partial charge is 0.355 e. The number of nitrogens with zero attached hydrogens (tertiary/aromatic N) is 1. The van der Waals surface area contributed by atoms with Crippen molar-refractivity contribution >= 4 is 51.1 Å². The Kier molecular flexibility index (Phi) is 8.70. The third kappa shape index (κ3) is 7.05. The van der Waals surface area contributed by atoms with Gasteiger partial charge in [0.2, 0.25) is 0 Å². The van der Waals surface area contributed by atoms with Crippen LogP contribution in [0.3, 0.4) is 0 Å². The zero-order valence-electron chi connectivity index (χ0n) is 21.1. The van der Waals surface area contributed by atoms with E-state index in [0.29, 0.717) is 39.3 Å². The summed E-state index contributed by atoms with van der Waals surface area (Å²) in [4.78, 5) is 25.2. The van der Waals surface area contributed by atoms with Crippen LogP contribution in [0.4, 0.5) is 0 Å². The molecule has 5 aromatic rings. The van der Waals surface area contributed by atoms with Crippen molar-refractivity contribution in [3.63, 3.8) is 0 Å². The predicted molar refractivity (Wildman–Crippen MR) is 157 cm³/mol. The Labute approximate surface area is 239 Å². The molecule has 5 rings (SSSR count). The average Bonchev–Trinajstić information content (AvgIpc) is 3.33. The first-order valence-electron chi connectivity index (χ1n) is 12.3. The summed E-state index contributed by atoms with van der Waals surface area (Å²) in [6.07, 6.45) is 1.44. The molecule has 0 saturated carbocycles. The van der Waals surface area contributed by atoms with Gasteiger partial charge in [-0.3, -0.25) is 4.79 Å². The number of hydrazone groups is 1. The van der Waals surface area contributed by atoms with Gasteiger partial charge < -0.3 is 14.2 Å². The molecule has 1 amide bonds. The monoisotopic (exact) mass is 570 g/mol. The van der Waals surface area contributed by atoms with E-state index >= 15 is 0 Å². The molecule has 40 heavy (non-hydrogen) atoms. The van der Waals surface area contributed by atoms with E-state index in [1.54, 1.807) is 48.5 Å². The van der Waals surface area contributed by atoms with Crippen molar-refractivity contribution in [2.24, 2.45) is 5.10 Å². The summed E-state index contributed by atoms with van der Waals surface area (Å²) in [7, 11) is 0. The van der Waals surface area contributed by atoms with Crippen molar-refractivity contribution in [3.8, 4) is 17.2 Å². The number of nitrogens with one attached hydrogen (secondary N) is 1. The Bertz CT molecular complexity index is 1650. The van der Waals surface area contributed by atoms with E-state index in [9.17, 15) is 9.59 Å². The molecule has 0 unspecified atom stereocenters. The predicted octanol–water partition coefficient (Wildman–Crippen LogP) is 6.88. The highest BCUT2D eigenvalue weighted by atomic mass is 35.5. The number of benzene rings is 4. The van der Waals surface area contributed by atoms with E-state index in [2.05, 4.69) is 10.5 Å². The molecule has 0 aliphatic carbocycles. The van der Waals surface area contributed by atoms with Crippen LogP contribution in [0.1, 0.15) is 20.8 Å². The minimum Gasteiger partial charge on any atom is -0.489 e. The third-order valence-electron chi connectivity index (χ3n) is 5.63. The summed E-state index contributed by atoms with van der Waals surface area (Å²) < 4.78 is 17.7. The van der Waals surface area contributed by atoms with Gasteiger partial charge in [0.1, 0.15) is 28.7 Å². The van der Waals surface area contributed by atoms with Crippen LogP contribution < -0.4 is 19.6 Å². The first-order valence-corrected chi connectivity index (χ1v) is 13.5. The third-order valence-corrected chi connectivity index (χ3v) is 7.29. The number of esters is 1. The number of ether oxygens (including phenoxy) is 3. The lowest BCUT2D eigenvalue weighted by molar-refractivity contribution is -0.123. The highest BCUT2D eigenvalue weighted by Gasteiger charge is 2.19. The van der Waals surface area contributed by atoms with Crippen molar-refractivity contribution < 1.29 is 23.8 Å². The van der Waals surface area contributed by atoms with Gasteiger partial charge in [-0.25, -0.2) is 10.2 Å². The van der Waals surface area contributed by atoms with E-state index in [0.717, 1.165) is 15.6 Å². The Morgan fingerprint density at radius 2 is 1.55 bits per heavy atom. The summed E-state index contributed by atoms with van der Waals surface area (Å²) in [6.45, 7) is 0.252. The van der Waals surface area contributed by atoms with Crippen LogP contribution in [0.5, 0.6) is 17.2 Å². The molecule has 4 aromatic carbocycles. The zero-order chi connectivity index (χ0) is 27.7. The molecule has 1 aromatic heterocycles. The SMILES string of the molecule is O=C(COc1ccc(OCc2ccccc2)cc1)N/N=C/c1cccc(OC(=O)c2sc3ccccc3c2Cl)c1. The van der Waals surface area contributed by atoms with E-state index in [4.69, 9.17) is 25.8 Å². The molecule has 1 N–H and O–H groups in total. The summed E-state index contributed by atoms with van der Waals surface area (Å²) in [5.74, 6) is 0.585. The van der Waals surface area contributed by atoms with Gasteiger partial charge >= 0.3 is 5.97 Å². The Morgan fingerprint density at radius 3 is 2.33 bits per heavy atom. The number of rotatable bonds is 10. The van der Waals surface area contributed by atoms with Gasteiger partial charge in [-0.05, 0) is 53.6 Å². The largest absolute Gasteiger partial charge is 0.489 e. The number of thiophene rings is 1. The summed E-state index contributed by atoms with van der Waals surface area (Å²) in [6, 6.07) is 31.2. The normalized spacial score (nSPS) is 10.9. The summed E-state index contributed by atoms with van der Waals surface area (Å²) in [5, 5.41) is 5.15.